The topological polar surface area (TPSA) is 58.6 Å². The molecule has 0 saturated carbocycles. The summed E-state index contributed by atoms with van der Waals surface area (Å²) in [5, 5.41) is 3.22. The van der Waals surface area contributed by atoms with Gasteiger partial charge in [0.25, 0.3) is 5.91 Å². The maximum atomic E-state index is 13.1. The van der Waals surface area contributed by atoms with Crippen molar-refractivity contribution in [1.29, 1.82) is 0 Å². The van der Waals surface area contributed by atoms with Crippen LogP contribution in [0.5, 0.6) is 5.75 Å². The first-order valence-corrected chi connectivity index (χ1v) is 11.1. The number of methoxy groups -OCH3 is 1. The molecule has 2 aromatic carbocycles. The van der Waals surface area contributed by atoms with Crippen molar-refractivity contribution in [3.8, 4) is 5.75 Å². The molecule has 0 aliphatic rings. The molecule has 29 heavy (non-hydrogen) atoms. The zero-order valence-electron chi connectivity index (χ0n) is 17.2. The van der Waals surface area contributed by atoms with E-state index in [1.165, 1.54) is 0 Å². The van der Waals surface area contributed by atoms with Gasteiger partial charge in [0.15, 0.2) is 0 Å². The van der Waals surface area contributed by atoms with Crippen molar-refractivity contribution in [2.24, 2.45) is 0 Å². The molecule has 0 heterocycles. The first-order chi connectivity index (χ1) is 13.9. The van der Waals surface area contributed by atoms with Crippen molar-refractivity contribution in [3.05, 3.63) is 64.2 Å². The molecule has 7 heteroatoms. The zero-order valence-corrected chi connectivity index (χ0v) is 18.8. The highest BCUT2D eigenvalue weighted by atomic mass is 35.5. The Morgan fingerprint density at radius 2 is 1.97 bits per heavy atom. The molecule has 0 radical (unpaired) electrons. The van der Waals surface area contributed by atoms with Gasteiger partial charge in [-0.15, -0.1) is 0 Å². The molecule has 0 aromatic heterocycles. The summed E-state index contributed by atoms with van der Waals surface area (Å²) >= 11 is 7.76. The minimum absolute atomic E-state index is 0.150. The predicted molar refractivity (Wildman–Crippen MR) is 120 cm³/mol. The van der Waals surface area contributed by atoms with Gasteiger partial charge in [-0.25, -0.2) is 0 Å². The second kappa shape index (κ2) is 11.1. The van der Waals surface area contributed by atoms with Crippen LogP contribution in [0.4, 0.5) is 0 Å². The number of aryl methyl sites for hydroxylation is 1. The Kier molecular flexibility index (Phi) is 8.86. The Morgan fingerprint density at radius 3 is 2.62 bits per heavy atom. The number of hydrogen-bond donors (Lipinski definition) is 1. The molecule has 2 rings (SSSR count). The number of ether oxygens (including phenoxy) is 1. The molecule has 2 aromatic rings. The average molecular weight is 435 g/mol. The van der Waals surface area contributed by atoms with Crippen LogP contribution in [0.25, 0.3) is 0 Å². The van der Waals surface area contributed by atoms with Crippen molar-refractivity contribution in [1.82, 2.24) is 10.2 Å². The van der Waals surface area contributed by atoms with Gasteiger partial charge in [0.2, 0.25) is 5.91 Å². The van der Waals surface area contributed by atoms with Gasteiger partial charge in [0.05, 0.1) is 17.7 Å². The monoisotopic (exact) mass is 434 g/mol. The first kappa shape index (κ1) is 23.1. The fourth-order valence-electron chi connectivity index (χ4n) is 3.00. The maximum absolute atomic E-state index is 13.1. The van der Waals surface area contributed by atoms with Crippen LogP contribution in [0.15, 0.2) is 42.5 Å². The predicted octanol–water partition coefficient (Wildman–Crippen LogP) is 4.17. The van der Waals surface area contributed by atoms with Crippen LogP contribution in [0, 0.1) is 6.92 Å². The molecule has 156 valence electrons. The highest BCUT2D eigenvalue weighted by molar-refractivity contribution is 7.98. The molecule has 1 N–H and O–H groups in total. The number of nitrogens with zero attached hydrogens (tertiary/aromatic N) is 1. The van der Waals surface area contributed by atoms with E-state index in [-0.39, 0.29) is 11.8 Å². The minimum atomic E-state index is -0.632. The fourth-order valence-corrected chi connectivity index (χ4v) is 3.70. The van der Waals surface area contributed by atoms with Gasteiger partial charge in [0.1, 0.15) is 11.8 Å². The minimum Gasteiger partial charge on any atom is -0.496 e. The summed E-state index contributed by atoms with van der Waals surface area (Å²) in [5.41, 5.74) is 2.37. The molecule has 0 aliphatic carbocycles. The largest absolute Gasteiger partial charge is 0.496 e. The molecular weight excluding hydrogens is 408 g/mol. The summed E-state index contributed by atoms with van der Waals surface area (Å²) < 4.78 is 5.42. The van der Waals surface area contributed by atoms with Gasteiger partial charge < -0.3 is 15.0 Å². The van der Waals surface area contributed by atoms with E-state index in [1.54, 1.807) is 55.1 Å². The Labute approximate surface area is 181 Å². The first-order valence-electron chi connectivity index (χ1n) is 9.30. The summed E-state index contributed by atoms with van der Waals surface area (Å²) in [6, 6.07) is 12.0. The third kappa shape index (κ3) is 6.41. The molecule has 0 saturated heterocycles. The second-order valence-corrected chi connectivity index (χ2v) is 8.19. The quantitative estimate of drug-likeness (QED) is 0.643. The SMILES string of the molecule is COc1ccc(C)cc1CN(C)C(=O)C(CCSC)NC(=O)c1ccccc1Cl. The average Bonchev–Trinajstić information content (AvgIpc) is 2.70. The summed E-state index contributed by atoms with van der Waals surface area (Å²) in [6.07, 6.45) is 2.50. The Balaban J connectivity index is 2.16. The fraction of sp³-hybridized carbons (Fsp3) is 0.364. The van der Waals surface area contributed by atoms with Gasteiger partial charge >= 0.3 is 0 Å². The summed E-state index contributed by atoms with van der Waals surface area (Å²) in [4.78, 5) is 27.4. The summed E-state index contributed by atoms with van der Waals surface area (Å²) in [7, 11) is 3.35. The maximum Gasteiger partial charge on any atom is 0.253 e. The smallest absolute Gasteiger partial charge is 0.253 e. The molecule has 0 fully saturated rings. The molecular formula is C22H27ClN2O3S. The van der Waals surface area contributed by atoms with E-state index in [9.17, 15) is 9.59 Å². The Hall–Kier alpha value is -2.18. The van der Waals surface area contributed by atoms with E-state index >= 15 is 0 Å². The highest BCUT2D eigenvalue weighted by Crippen LogP contribution is 2.22. The molecule has 5 nitrogen and oxygen atoms in total. The molecule has 0 aliphatic heterocycles. The van der Waals surface area contributed by atoms with Crippen molar-refractivity contribution in [2.75, 3.05) is 26.2 Å². The third-order valence-electron chi connectivity index (χ3n) is 4.55. The van der Waals surface area contributed by atoms with Gasteiger partial charge in [-0.1, -0.05) is 41.4 Å². The molecule has 1 unspecified atom stereocenters. The van der Waals surface area contributed by atoms with Crippen molar-refractivity contribution in [2.45, 2.75) is 25.9 Å². The summed E-state index contributed by atoms with van der Waals surface area (Å²) in [6.45, 7) is 2.39. The molecule has 1 atom stereocenters. The number of nitrogens with one attached hydrogen (secondary N) is 1. The molecule has 0 bridgehead atoms. The van der Waals surface area contributed by atoms with E-state index < -0.39 is 6.04 Å². The number of hydrogen-bond acceptors (Lipinski definition) is 4. The van der Waals surface area contributed by atoms with E-state index in [0.717, 1.165) is 22.6 Å². The lowest BCUT2D eigenvalue weighted by atomic mass is 10.1. The van der Waals surface area contributed by atoms with Gasteiger partial charge in [-0.2, -0.15) is 11.8 Å². The van der Waals surface area contributed by atoms with Crippen LogP contribution in [0.2, 0.25) is 5.02 Å². The van der Waals surface area contributed by atoms with Crippen molar-refractivity contribution in [3.63, 3.8) is 0 Å². The van der Waals surface area contributed by atoms with Gasteiger partial charge in [-0.05, 0) is 43.6 Å². The van der Waals surface area contributed by atoms with E-state index in [2.05, 4.69) is 5.32 Å². The lowest BCUT2D eigenvalue weighted by Gasteiger charge is -2.25. The second-order valence-electron chi connectivity index (χ2n) is 6.80. The summed E-state index contributed by atoms with van der Waals surface area (Å²) in [5.74, 6) is 0.983. The highest BCUT2D eigenvalue weighted by Gasteiger charge is 2.25. The normalized spacial score (nSPS) is 11.6. The number of rotatable bonds is 9. The number of benzene rings is 2. The molecule has 0 spiro atoms. The van der Waals surface area contributed by atoms with Gasteiger partial charge in [0, 0.05) is 19.2 Å². The van der Waals surface area contributed by atoms with Crippen LogP contribution in [0.3, 0.4) is 0 Å². The number of thioether (sulfide) groups is 1. The Bertz CT molecular complexity index is 860. The van der Waals surface area contributed by atoms with Crippen molar-refractivity contribution < 1.29 is 14.3 Å². The Morgan fingerprint density at radius 1 is 1.24 bits per heavy atom. The zero-order chi connectivity index (χ0) is 21.4. The number of carbonyl (C=O) groups is 2. The number of likely N-dealkylation sites (N-methyl/N-ethyl adjacent to an activating group) is 1. The van der Waals surface area contributed by atoms with Crippen LogP contribution >= 0.6 is 23.4 Å². The van der Waals surface area contributed by atoms with Crippen LogP contribution in [-0.4, -0.2) is 48.9 Å². The van der Waals surface area contributed by atoms with E-state index in [0.29, 0.717) is 23.6 Å². The van der Waals surface area contributed by atoms with Crippen LogP contribution in [0.1, 0.15) is 27.9 Å². The van der Waals surface area contributed by atoms with Crippen molar-refractivity contribution >= 4 is 35.2 Å². The van der Waals surface area contributed by atoms with E-state index in [4.69, 9.17) is 16.3 Å². The van der Waals surface area contributed by atoms with Crippen LogP contribution < -0.4 is 10.1 Å². The van der Waals surface area contributed by atoms with Gasteiger partial charge in [-0.3, -0.25) is 9.59 Å². The number of halogens is 1. The standard InChI is InChI=1S/C22H27ClN2O3S/c1-15-9-10-20(28-3)16(13-15)14-25(2)22(27)19(11-12-29-4)24-21(26)17-7-5-6-8-18(17)23/h5-10,13,19H,11-12,14H2,1-4H3,(H,24,26). The molecule has 2 amide bonds. The van der Waals surface area contributed by atoms with Crippen LogP contribution in [-0.2, 0) is 11.3 Å². The number of amides is 2. The number of carbonyl (C=O) groups excluding carboxylic acids is 2. The lowest BCUT2D eigenvalue weighted by Crippen LogP contribution is -2.47. The lowest BCUT2D eigenvalue weighted by molar-refractivity contribution is -0.132. The third-order valence-corrected chi connectivity index (χ3v) is 5.53. The van der Waals surface area contributed by atoms with E-state index in [1.807, 2.05) is 31.4 Å².